The molecule has 5 aromatic rings. The normalized spacial score (nSPS) is 13.4. The monoisotopic (exact) mass is 503 g/mol. The minimum absolute atomic E-state index is 0.0207. The maximum Gasteiger partial charge on any atom is 0.353 e. The molecule has 3 aromatic heterocycles. The number of carbonyl (C=O) groups excluding carboxylic acids is 1. The van der Waals surface area contributed by atoms with Gasteiger partial charge >= 0.3 is 5.97 Å². The third kappa shape index (κ3) is 3.77. The molecular formula is C27H19F2N3O5. The van der Waals surface area contributed by atoms with Gasteiger partial charge < -0.3 is 24.4 Å². The average Bonchev–Trinajstić information content (AvgIpc) is 3.43. The van der Waals surface area contributed by atoms with Gasteiger partial charge in [0, 0.05) is 28.9 Å². The Morgan fingerprint density at radius 3 is 2.68 bits per heavy atom. The van der Waals surface area contributed by atoms with Gasteiger partial charge in [-0.1, -0.05) is 0 Å². The number of amides is 1. The van der Waals surface area contributed by atoms with Gasteiger partial charge in [-0.3, -0.25) is 9.59 Å². The number of nitrogens with one attached hydrogen (secondary N) is 2. The van der Waals surface area contributed by atoms with Crippen LogP contribution in [0.5, 0.6) is 0 Å². The summed E-state index contributed by atoms with van der Waals surface area (Å²) in [6, 6.07) is 9.46. The van der Waals surface area contributed by atoms with E-state index in [9.17, 15) is 23.9 Å². The second kappa shape index (κ2) is 8.44. The molecule has 0 aliphatic heterocycles. The molecule has 0 unspecified atom stereocenters. The predicted octanol–water partition coefficient (Wildman–Crippen LogP) is 4.66. The minimum Gasteiger partial charge on any atom is -0.477 e. The Kier molecular flexibility index (Phi) is 5.18. The highest BCUT2D eigenvalue weighted by atomic mass is 19.1. The third-order valence-electron chi connectivity index (χ3n) is 6.56. The van der Waals surface area contributed by atoms with E-state index in [-0.39, 0.29) is 68.3 Å². The molecular weight excluding hydrogens is 484 g/mol. The number of H-pyrrole nitrogens is 1. The van der Waals surface area contributed by atoms with Crippen LogP contribution in [0.4, 0.5) is 8.78 Å². The van der Waals surface area contributed by atoms with Gasteiger partial charge in [0.25, 0.3) is 11.5 Å². The first-order valence-corrected chi connectivity index (χ1v) is 11.6. The van der Waals surface area contributed by atoms with Gasteiger partial charge in [-0.2, -0.15) is 0 Å². The van der Waals surface area contributed by atoms with E-state index in [1.807, 2.05) is 0 Å². The third-order valence-corrected chi connectivity index (χ3v) is 6.56. The first-order chi connectivity index (χ1) is 17.8. The summed E-state index contributed by atoms with van der Waals surface area (Å²) in [6.07, 6.45) is 4.43. The van der Waals surface area contributed by atoms with Crippen molar-refractivity contribution >= 4 is 33.7 Å². The molecule has 6 rings (SSSR count). The van der Waals surface area contributed by atoms with Crippen molar-refractivity contribution in [3.63, 3.8) is 0 Å². The van der Waals surface area contributed by atoms with E-state index < -0.39 is 23.2 Å². The predicted molar refractivity (Wildman–Crippen MR) is 131 cm³/mol. The Morgan fingerprint density at radius 2 is 1.95 bits per heavy atom. The number of fused-ring (bicyclic) bond motifs is 3. The molecule has 37 heavy (non-hydrogen) atoms. The molecule has 1 amide bonds. The maximum atomic E-state index is 15.1. The van der Waals surface area contributed by atoms with Crippen LogP contribution < -0.4 is 10.9 Å². The number of carbonyl (C=O) groups is 2. The topological polar surface area (TPSA) is 117 Å². The number of nitrogens with zero attached hydrogens (tertiary/aromatic N) is 1. The van der Waals surface area contributed by atoms with Crippen molar-refractivity contribution in [1.82, 2.24) is 14.9 Å². The lowest BCUT2D eigenvalue weighted by atomic mass is 10.0. The van der Waals surface area contributed by atoms with Crippen LogP contribution in [0.1, 0.15) is 39.3 Å². The summed E-state index contributed by atoms with van der Waals surface area (Å²) < 4.78 is 36.8. The number of furan rings is 1. The fraction of sp³-hybridized carbons (Fsp3) is 0.148. The van der Waals surface area contributed by atoms with Gasteiger partial charge in [-0.15, -0.1) is 0 Å². The molecule has 0 spiro atoms. The van der Waals surface area contributed by atoms with E-state index in [4.69, 9.17) is 4.42 Å². The number of halogens is 2. The van der Waals surface area contributed by atoms with Gasteiger partial charge in [-0.05, 0) is 55.3 Å². The second-order valence-corrected chi connectivity index (χ2v) is 9.00. The largest absolute Gasteiger partial charge is 0.477 e. The van der Waals surface area contributed by atoms with E-state index in [1.54, 1.807) is 0 Å². The molecule has 186 valence electrons. The summed E-state index contributed by atoms with van der Waals surface area (Å²) in [7, 11) is 0. The van der Waals surface area contributed by atoms with Crippen molar-refractivity contribution < 1.29 is 27.9 Å². The van der Waals surface area contributed by atoms with Gasteiger partial charge in [0.1, 0.15) is 22.9 Å². The van der Waals surface area contributed by atoms with Crippen molar-refractivity contribution in [3.05, 3.63) is 93.7 Å². The van der Waals surface area contributed by atoms with Crippen LogP contribution in [0.15, 0.2) is 64.1 Å². The number of carboxylic acid groups (broad SMARTS) is 1. The summed E-state index contributed by atoms with van der Waals surface area (Å²) in [5.74, 6) is -3.10. The first-order valence-electron chi connectivity index (χ1n) is 11.6. The molecule has 2 aromatic carbocycles. The van der Waals surface area contributed by atoms with E-state index >= 15 is 4.39 Å². The zero-order valence-corrected chi connectivity index (χ0v) is 19.2. The minimum atomic E-state index is -1.40. The van der Waals surface area contributed by atoms with E-state index in [1.165, 1.54) is 47.4 Å². The highest BCUT2D eigenvalue weighted by Crippen LogP contribution is 2.40. The quantitative estimate of drug-likeness (QED) is 0.312. The lowest BCUT2D eigenvalue weighted by Gasteiger charge is -2.12. The van der Waals surface area contributed by atoms with Crippen molar-refractivity contribution in [2.24, 2.45) is 0 Å². The lowest BCUT2D eigenvalue weighted by molar-refractivity contribution is 0.0686. The Bertz CT molecular complexity index is 1800. The SMILES string of the molecule is O=C(NC1CC1)c1ccc(F)c(Cn2c(C(=O)O)c(-c3ccc[nH]c3=O)c3c4occc4c(F)cc32)c1. The highest BCUT2D eigenvalue weighted by Gasteiger charge is 2.29. The fourth-order valence-corrected chi connectivity index (χ4v) is 4.68. The summed E-state index contributed by atoms with van der Waals surface area (Å²) in [5.41, 5.74) is -0.443. The summed E-state index contributed by atoms with van der Waals surface area (Å²) in [5, 5.41) is 13.4. The van der Waals surface area contributed by atoms with Crippen molar-refractivity contribution in [2.45, 2.75) is 25.4 Å². The lowest BCUT2D eigenvalue weighted by Crippen LogP contribution is -2.25. The molecule has 1 fully saturated rings. The van der Waals surface area contributed by atoms with Gasteiger partial charge in [-0.25, -0.2) is 13.6 Å². The van der Waals surface area contributed by atoms with Gasteiger partial charge in [0.15, 0.2) is 0 Å². The van der Waals surface area contributed by atoms with Gasteiger partial charge in [0.05, 0.1) is 34.7 Å². The van der Waals surface area contributed by atoms with Crippen LogP contribution in [-0.2, 0) is 6.54 Å². The van der Waals surface area contributed by atoms with Crippen LogP contribution in [-0.4, -0.2) is 32.6 Å². The molecule has 0 atom stereocenters. The Hall–Kier alpha value is -4.73. The number of aromatic amines is 1. The molecule has 3 N–H and O–H groups in total. The molecule has 1 aliphatic carbocycles. The van der Waals surface area contributed by atoms with Crippen molar-refractivity contribution in [3.8, 4) is 11.1 Å². The van der Waals surface area contributed by atoms with E-state index in [2.05, 4.69) is 10.3 Å². The molecule has 0 radical (unpaired) electrons. The van der Waals surface area contributed by atoms with Crippen LogP contribution >= 0.6 is 0 Å². The molecule has 0 bridgehead atoms. The highest BCUT2D eigenvalue weighted by molar-refractivity contribution is 6.17. The molecule has 1 saturated carbocycles. The summed E-state index contributed by atoms with van der Waals surface area (Å²) in [6.45, 7) is -0.342. The van der Waals surface area contributed by atoms with Crippen molar-refractivity contribution in [1.29, 1.82) is 0 Å². The fourth-order valence-electron chi connectivity index (χ4n) is 4.68. The number of pyridine rings is 1. The zero-order chi connectivity index (χ0) is 25.8. The summed E-state index contributed by atoms with van der Waals surface area (Å²) in [4.78, 5) is 40.4. The molecule has 0 saturated heterocycles. The number of carboxylic acids is 1. The number of rotatable bonds is 6. The van der Waals surface area contributed by atoms with Crippen LogP contribution in [0.2, 0.25) is 0 Å². The van der Waals surface area contributed by atoms with Crippen LogP contribution in [0.3, 0.4) is 0 Å². The number of hydrogen-bond acceptors (Lipinski definition) is 4. The number of aromatic carboxylic acids is 1. The average molecular weight is 503 g/mol. The first kappa shape index (κ1) is 22.7. The summed E-state index contributed by atoms with van der Waals surface area (Å²) >= 11 is 0. The molecule has 10 heteroatoms. The van der Waals surface area contributed by atoms with E-state index in [0.717, 1.165) is 25.0 Å². The van der Waals surface area contributed by atoms with Crippen LogP contribution in [0, 0.1) is 11.6 Å². The van der Waals surface area contributed by atoms with Gasteiger partial charge in [0.2, 0.25) is 0 Å². The molecule has 8 nitrogen and oxygen atoms in total. The Labute approximate surface area is 207 Å². The molecule has 3 heterocycles. The Morgan fingerprint density at radius 1 is 1.14 bits per heavy atom. The zero-order valence-electron chi connectivity index (χ0n) is 19.2. The molecule has 1 aliphatic rings. The standard InChI is InChI=1S/C27H19F2N3O5/c28-18-6-3-13(25(33)31-15-4-5-15)10-14(18)12-32-20-11-19(29)16-7-9-37-24(16)22(20)21(23(32)27(35)36)17-2-1-8-30-26(17)34/h1-3,6-11,15H,4-5,12H2,(H,30,34)(H,31,33)(H,35,36). The van der Waals surface area contributed by atoms with Crippen molar-refractivity contribution in [2.75, 3.05) is 0 Å². The smallest absolute Gasteiger partial charge is 0.353 e. The Balaban J connectivity index is 1.62. The second-order valence-electron chi connectivity index (χ2n) is 9.00. The van der Waals surface area contributed by atoms with Crippen LogP contribution in [0.25, 0.3) is 33.0 Å². The van der Waals surface area contributed by atoms with E-state index in [0.29, 0.717) is 0 Å². The maximum absolute atomic E-state index is 15.1. The number of hydrogen-bond donors (Lipinski definition) is 3. The number of aromatic nitrogens is 2. The number of benzene rings is 2.